The average molecular weight is 188 g/mol. The fourth-order valence-electron chi connectivity index (χ4n) is 0.711. The molecule has 0 amide bonds. The molecule has 0 aliphatic carbocycles. The zero-order valence-electron chi connectivity index (χ0n) is 7.30. The summed E-state index contributed by atoms with van der Waals surface area (Å²) in [4.78, 5) is 24.6. The third kappa shape index (κ3) is 8.32. The van der Waals surface area contributed by atoms with E-state index < -0.39 is 11.9 Å². The van der Waals surface area contributed by atoms with Crippen LogP contribution in [0.2, 0.25) is 0 Å². The monoisotopic (exact) mass is 188 g/mol. The molecule has 0 saturated carbocycles. The largest absolute Gasteiger partial charge is 0.481 e. The molecule has 13 heavy (non-hydrogen) atoms. The molecule has 0 fully saturated rings. The summed E-state index contributed by atoms with van der Waals surface area (Å²) >= 11 is 0. The van der Waals surface area contributed by atoms with E-state index in [0.717, 1.165) is 20.0 Å². The Morgan fingerprint density at radius 1 is 1.54 bits per heavy atom. The summed E-state index contributed by atoms with van der Waals surface area (Å²) in [5.74, 6) is -1.64. The fraction of sp³-hybridized carbons (Fsp3) is 0.571. The lowest BCUT2D eigenvalue weighted by Gasteiger charge is -2.08. The number of carbonyl (C=O) groups is 2. The van der Waals surface area contributed by atoms with Gasteiger partial charge < -0.3 is 15.1 Å². The van der Waals surface area contributed by atoms with Crippen LogP contribution in [0.15, 0.2) is 4.99 Å². The number of nitrogens with zero attached hydrogens (tertiary/aromatic N) is 2. The lowest BCUT2D eigenvalue weighted by Crippen LogP contribution is -2.26. The van der Waals surface area contributed by atoms with Crippen molar-refractivity contribution in [1.29, 1.82) is 0 Å². The topological polar surface area (TPSA) is 90.2 Å². The second kappa shape index (κ2) is 5.99. The highest BCUT2D eigenvalue weighted by atomic mass is 16.4. The molecular formula is C7H12N2O4. The zero-order valence-corrected chi connectivity index (χ0v) is 7.30. The summed E-state index contributed by atoms with van der Waals surface area (Å²) in [6.45, 7) is 2.63. The lowest BCUT2D eigenvalue weighted by molar-refractivity contribution is -0.137. The number of aliphatic imine (C=N–C) groups is 1. The van der Waals surface area contributed by atoms with Crippen molar-refractivity contribution in [2.45, 2.75) is 6.92 Å². The Balaban J connectivity index is 0.000000310. The Morgan fingerprint density at radius 2 is 2.08 bits per heavy atom. The Bertz CT molecular complexity index is 211. The predicted molar refractivity (Wildman–Crippen MR) is 45.9 cm³/mol. The van der Waals surface area contributed by atoms with E-state index in [0.29, 0.717) is 0 Å². The maximum Gasteiger partial charge on any atom is 0.323 e. The SMILES string of the molecule is CC(=O)O.O=C(O)CN1C=NCC1. The molecule has 0 bridgehead atoms. The molecule has 1 rings (SSSR count). The van der Waals surface area contributed by atoms with Crippen LogP contribution in [0.1, 0.15) is 6.92 Å². The van der Waals surface area contributed by atoms with Crippen LogP contribution in [0.5, 0.6) is 0 Å². The number of rotatable bonds is 2. The first-order valence-corrected chi connectivity index (χ1v) is 3.67. The van der Waals surface area contributed by atoms with Gasteiger partial charge in [0.15, 0.2) is 0 Å². The van der Waals surface area contributed by atoms with Gasteiger partial charge in [-0.25, -0.2) is 0 Å². The normalized spacial score (nSPS) is 13.5. The van der Waals surface area contributed by atoms with Gasteiger partial charge in [0.05, 0.1) is 12.9 Å². The van der Waals surface area contributed by atoms with E-state index in [1.54, 1.807) is 11.2 Å². The van der Waals surface area contributed by atoms with Gasteiger partial charge in [0.2, 0.25) is 0 Å². The Labute approximate surface area is 75.5 Å². The highest BCUT2D eigenvalue weighted by Crippen LogP contribution is 1.90. The van der Waals surface area contributed by atoms with Crippen LogP contribution < -0.4 is 0 Å². The van der Waals surface area contributed by atoms with Crippen molar-refractivity contribution in [2.24, 2.45) is 4.99 Å². The van der Waals surface area contributed by atoms with Crippen molar-refractivity contribution in [1.82, 2.24) is 4.90 Å². The summed E-state index contributed by atoms with van der Waals surface area (Å²) in [7, 11) is 0. The van der Waals surface area contributed by atoms with Crippen LogP contribution in [0.25, 0.3) is 0 Å². The van der Waals surface area contributed by atoms with Crippen LogP contribution in [-0.4, -0.2) is 53.0 Å². The Hall–Kier alpha value is -1.59. The van der Waals surface area contributed by atoms with Crippen LogP contribution >= 0.6 is 0 Å². The van der Waals surface area contributed by atoms with Crippen molar-refractivity contribution in [2.75, 3.05) is 19.6 Å². The molecule has 0 aromatic rings. The first kappa shape index (κ1) is 11.4. The standard InChI is InChI=1S/C5H8N2O2.C2H4O2/c8-5(9)3-7-2-1-6-4-7;1-2(3)4/h4H,1-3H2,(H,8,9);1H3,(H,3,4). The number of aliphatic carboxylic acids is 2. The molecule has 2 N–H and O–H groups in total. The number of hydrogen-bond acceptors (Lipinski definition) is 4. The van der Waals surface area contributed by atoms with Crippen molar-refractivity contribution >= 4 is 18.3 Å². The molecule has 0 aromatic heterocycles. The van der Waals surface area contributed by atoms with E-state index in [1.165, 1.54) is 0 Å². The number of carboxylic acids is 2. The van der Waals surface area contributed by atoms with E-state index >= 15 is 0 Å². The van der Waals surface area contributed by atoms with Gasteiger partial charge in [-0.1, -0.05) is 0 Å². The quantitative estimate of drug-likeness (QED) is 0.610. The van der Waals surface area contributed by atoms with E-state index in [9.17, 15) is 4.79 Å². The molecule has 1 aliphatic heterocycles. The molecule has 6 heteroatoms. The lowest BCUT2D eigenvalue weighted by atomic mass is 10.5. The average Bonchev–Trinajstić information content (AvgIpc) is 2.36. The van der Waals surface area contributed by atoms with E-state index in [-0.39, 0.29) is 6.54 Å². The highest BCUT2D eigenvalue weighted by molar-refractivity contribution is 5.73. The predicted octanol–water partition coefficient (Wildman–Crippen LogP) is -0.494. The van der Waals surface area contributed by atoms with Gasteiger partial charge in [-0.3, -0.25) is 14.6 Å². The van der Waals surface area contributed by atoms with Crippen molar-refractivity contribution in [3.05, 3.63) is 0 Å². The molecule has 0 radical (unpaired) electrons. The highest BCUT2D eigenvalue weighted by Gasteiger charge is 2.07. The number of carboxylic acid groups (broad SMARTS) is 2. The van der Waals surface area contributed by atoms with Gasteiger partial charge in [0.1, 0.15) is 6.54 Å². The third-order valence-electron chi connectivity index (χ3n) is 1.10. The van der Waals surface area contributed by atoms with Crippen LogP contribution in [0.4, 0.5) is 0 Å². The first-order valence-electron chi connectivity index (χ1n) is 3.67. The van der Waals surface area contributed by atoms with Crippen LogP contribution in [0.3, 0.4) is 0 Å². The molecule has 1 heterocycles. The summed E-state index contributed by atoms with van der Waals surface area (Å²) in [5, 5.41) is 15.7. The van der Waals surface area contributed by atoms with Gasteiger partial charge in [-0.2, -0.15) is 0 Å². The molecule has 0 spiro atoms. The summed E-state index contributed by atoms with van der Waals surface area (Å²) < 4.78 is 0. The smallest absolute Gasteiger partial charge is 0.323 e. The molecule has 0 atom stereocenters. The van der Waals surface area contributed by atoms with Crippen molar-refractivity contribution in [3.63, 3.8) is 0 Å². The van der Waals surface area contributed by atoms with E-state index in [1.807, 2.05) is 0 Å². The van der Waals surface area contributed by atoms with Gasteiger partial charge >= 0.3 is 5.97 Å². The maximum atomic E-state index is 10.1. The van der Waals surface area contributed by atoms with Gasteiger partial charge in [0.25, 0.3) is 5.97 Å². The second-order valence-corrected chi connectivity index (χ2v) is 2.40. The fourth-order valence-corrected chi connectivity index (χ4v) is 0.711. The Morgan fingerprint density at radius 3 is 2.38 bits per heavy atom. The molecule has 0 aromatic carbocycles. The molecule has 74 valence electrons. The first-order chi connectivity index (χ1) is 6.02. The van der Waals surface area contributed by atoms with Crippen molar-refractivity contribution < 1.29 is 19.8 Å². The summed E-state index contributed by atoms with van der Waals surface area (Å²) in [6.07, 6.45) is 1.58. The molecule has 0 saturated heterocycles. The zero-order chi connectivity index (χ0) is 10.3. The van der Waals surface area contributed by atoms with E-state index in [2.05, 4.69) is 4.99 Å². The van der Waals surface area contributed by atoms with E-state index in [4.69, 9.17) is 15.0 Å². The van der Waals surface area contributed by atoms with Crippen molar-refractivity contribution in [3.8, 4) is 0 Å². The molecule has 0 unspecified atom stereocenters. The van der Waals surface area contributed by atoms with Gasteiger partial charge in [0, 0.05) is 13.5 Å². The molecular weight excluding hydrogens is 176 g/mol. The third-order valence-corrected chi connectivity index (χ3v) is 1.10. The minimum absolute atomic E-state index is 0.0729. The van der Waals surface area contributed by atoms with Gasteiger partial charge in [-0.05, 0) is 0 Å². The minimum atomic E-state index is -0.833. The summed E-state index contributed by atoms with van der Waals surface area (Å²) in [5.41, 5.74) is 0. The van der Waals surface area contributed by atoms with Crippen LogP contribution in [0, 0.1) is 0 Å². The number of hydrogen-bond donors (Lipinski definition) is 2. The van der Waals surface area contributed by atoms with Gasteiger partial charge in [-0.15, -0.1) is 0 Å². The molecule has 1 aliphatic rings. The summed E-state index contributed by atoms with van der Waals surface area (Å²) in [6, 6.07) is 0. The maximum absolute atomic E-state index is 10.1. The Kier molecular flexibility index (Phi) is 5.25. The molecule has 6 nitrogen and oxygen atoms in total. The minimum Gasteiger partial charge on any atom is -0.481 e. The second-order valence-electron chi connectivity index (χ2n) is 2.40. The van der Waals surface area contributed by atoms with Crippen LogP contribution in [-0.2, 0) is 9.59 Å².